The van der Waals surface area contributed by atoms with Gasteiger partial charge in [0, 0.05) is 18.0 Å². The average molecular weight is 370 g/mol. The van der Waals surface area contributed by atoms with Gasteiger partial charge in [0.1, 0.15) is 10.1 Å². The Kier molecular flexibility index (Phi) is 3.98. The van der Waals surface area contributed by atoms with Crippen LogP contribution in [0.25, 0.3) is 0 Å². The van der Waals surface area contributed by atoms with Crippen LogP contribution in [0.1, 0.15) is 31.2 Å². The lowest BCUT2D eigenvalue weighted by Crippen LogP contribution is -2.62. The number of hydrogen-bond acceptors (Lipinski definition) is 4. The third-order valence-electron chi connectivity index (χ3n) is 5.40. The highest BCUT2D eigenvalue weighted by Gasteiger charge is 2.66. The molecule has 2 aromatic carbocycles. The number of fused-ring (bicyclic) bond motifs is 1. The molecule has 1 saturated heterocycles. The monoisotopic (exact) mass is 369 g/mol. The quantitative estimate of drug-likeness (QED) is 0.807. The van der Waals surface area contributed by atoms with E-state index < -0.39 is 10.5 Å². The van der Waals surface area contributed by atoms with Crippen molar-refractivity contribution in [3.8, 4) is 0 Å². The van der Waals surface area contributed by atoms with E-state index in [0.717, 1.165) is 11.3 Å². The first-order valence-electron chi connectivity index (χ1n) is 8.33. The summed E-state index contributed by atoms with van der Waals surface area (Å²) in [7, 11) is 0. The van der Waals surface area contributed by atoms with Gasteiger partial charge in [0.2, 0.25) is 0 Å². The van der Waals surface area contributed by atoms with Crippen LogP contribution in [0, 0.1) is 0 Å². The highest BCUT2D eigenvalue weighted by atomic mass is 32.2. The molecule has 1 aliphatic heterocycles. The minimum atomic E-state index is -1.33. The molecule has 4 rings (SSSR count). The molecule has 25 heavy (non-hydrogen) atoms. The standard InChI is InChI=1S/C20H19NO2S2/c1-19-17(14-8-4-2-5-9-14)12-16(22)13-20(19,23)21(18(24)25-19)15-10-6-3-7-11-15/h2-11,17,23H,12-13H2,1H3/t17-,19-,20-/m0/s1. The van der Waals surface area contributed by atoms with Gasteiger partial charge in [0.25, 0.3) is 0 Å². The summed E-state index contributed by atoms with van der Waals surface area (Å²) in [4.78, 5) is 14.4. The molecule has 128 valence electrons. The Labute approximate surface area is 157 Å². The van der Waals surface area contributed by atoms with E-state index in [0.29, 0.717) is 10.7 Å². The number of nitrogens with zero attached hydrogens (tertiary/aromatic N) is 1. The van der Waals surface area contributed by atoms with E-state index >= 15 is 0 Å². The number of aliphatic hydroxyl groups is 1. The maximum atomic E-state index is 12.6. The lowest BCUT2D eigenvalue weighted by Gasteiger charge is -2.49. The number of para-hydroxylation sites is 1. The smallest absolute Gasteiger partial charge is 0.165 e. The van der Waals surface area contributed by atoms with E-state index in [-0.39, 0.29) is 18.1 Å². The molecule has 3 nitrogen and oxygen atoms in total. The van der Waals surface area contributed by atoms with Gasteiger partial charge in [0.15, 0.2) is 5.72 Å². The molecule has 0 amide bonds. The molecule has 0 aromatic heterocycles. The van der Waals surface area contributed by atoms with E-state index in [1.165, 1.54) is 11.8 Å². The van der Waals surface area contributed by atoms with Crippen LogP contribution in [0.2, 0.25) is 0 Å². The number of anilines is 1. The molecule has 0 bridgehead atoms. The molecule has 3 atom stereocenters. The average Bonchev–Trinajstić information content (AvgIpc) is 2.81. The molecule has 2 aliphatic rings. The van der Waals surface area contributed by atoms with Crippen LogP contribution in [-0.4, -0.2) is 25.7 Å². The predicted molar refractivity (Wildman–Crippen MR) is 106 cm³/mol. The van der Waals surface area contributed by atoms with Crippen LogP contribution < -0.4 is 4.90 Å². The second-order valence-corrected chi connectivity index (χ2v) is 8.93. The molecule has 0 unspecified atom stereocenters. The first-order valence-corrected chi connectivity index (χ1v) is 9.55. The van der Waals surface area contributed by atoms with Crippen molar-refractivity contribution in [3.05, 3.63) is 66.2 Å². The third-order valence-corrected chi connectivity index (χ3v) is 7.23. The van der Waals surface area contributed by atoms with Gasteiger partial charge in [-0.2, -0.15) is 0 Å². The highest BCUT2D eigenvalue weighted by Crippen LogP contribution is 2.60. The fourth-order valence-electron chi connectivity index (χ4n) is 4.07. The van der Waals surface area contributed by atoms with Gasteiger partial charge in [-0.3, -0.25) is 9.69 Å². The SMILES string of the molecule is C[C@@]12SC(=S)N(c3ccccc3)[C@]1(O)CC(=O)C[C@H]2c1ccccc1. The second kappa shape index (κ2) is 5.94. The van der Waals surface area contributed by atoms with E-state index in [4.69, 9.17) is 12.2 Å². The Morgan fingerprint density at radius 2 is 1.72 bits per heavy atom. The number of thiocarbonyl (C=S) groups is 1. The van der Waals surface area contributed by atoms with Crippen molar-refractivity contribution >= 4 is 39.8 Å². The summed E-state index contributed by atoms with van der Waals surface area (Å²) in [5, 5.41) is 11.8. The number of thioether (sulfide) groups is 1. The number of benzene rings is 2. The Morgan fingerprint density at radius 1 is 1.12 bits per heavy atom. The summed E-state index contributed by atoms with van der Waals surface area (Å²) in [5.74, 6) is -0.0170. The predicted octanol–water partition coefficient (Wildman–Crippen LogP) is 4.12. The van der Waals surface area contributed by atoms with Crippen molar-refractivity contribution in [2.45, 2.75) is 36.2 Å². The third kappa shape index (κ3) is 2.45. The summed E-state index contributed by atoms with van der Waals surface area (Å²) in [6.45, 7) is 2.04. The van der Waals surface area contributed by atoms with Crippen LogP contribution in [0.15, 0.2) is 60.7 Å². The molecule has 1 saturated carbocycles. The molecular formula is C20H19NO2S2. The molecular weight excluding hydrogens is 350 g/mol. The summed E-state index contributed by atoms with van der Waals surface area (Å²) in [5.41, 5.74) is 0.570. The van der Waals surface area contributed by atoms with E-state index in [2.05, 4.69) is 0 Å². The first kappa shape index (κ1) is 16.8. The topological polar surface area (TPSA) is 40.5 Å². The maximum Gasteiger partial charge on any atom is 0.165 e. The Bertz CT molecular complexity index is 826. The summed E-state index contributed by atoms with van der Waals surface area (Å²) < 4.78 is 0.0293. The molecule has 1 aliphatic carbocycles. The van der Waals surface area contributed by atoms with E-state index in [1.54, 1.807) is 4.90 Å². The summed E-state index contributed by atoms with van der Waals surface area (Å²) in [6.07, 6.45) is 0.524. The van der Waals surface area contributed by atoms with Crippen molar-refractivity contribution in [3.63, 3.8) is 0 Å². The zero-order valence-electron chi connectivity index (χ0n) is 13.9. The van der Waals surface area contributed by atoms with Gasteiger partial charge in [-0.1, -0.05) is 72.5 Å². The highest BCUT2D eigenvalue weighted by molar-refractivity contribution is 8.24. The van der Waals surface area contributed by atoms with Gasteiger partial charge in [0.05, 0.1) is 11.2 Å². The molecule has 2 fully saturated rings. The van der Waals surface area contributed by atoms with E-state index in [1.807, 2.05) is 67.6 Å². The minimum absolute atomic E-state index is 0.0695. The van der Waals surface area contributed by atoms with Gasteiger partial charge in [-0.05, 0) is 24.6 Å². The Hall–Kier alpha value is -1.69. The van der Waals surface area contributed by atoms with Gasteiger partial charge >= 0.3 is 0 Å². The Morgan fingerprint density at radius 3 is 2.36 bits per heavy atom. The fraction of sp³-hybridized carbons (Fsp3) is 0.300. The van der Waals surface area contributed by atoms with Crippen LogP contribution in [0.5, 0.6) is 0 Å². The second-order valence-electron chi connectivity index (χ2n) is 6.85. The molecule has 0 spiro atoms. The zero-order valence-corrected chi connectivity index (χ0v) is 15.5. The lowest BCUT2D eigenvalue weighted by molar-refractivity contribution is -0.130. The van der Waals surface area contributed by atoms with Crippen molar-refractivity contribution in [2.75, 3.05) is 4.90 Å². The fourth-order valence-corrected chi connectivity index (χ4v) is 6.25. The normalized spacial score (nSPS) is 31.9. The minimum Gasteiger partial charge on any atom is -0.369 e. The van der Waals surface area contributed by atoms with Crippen molar-refractivity contribution in [1.82, 2.24) is 0 Å². The summed E-state index contributed by atoms with van der Waals surface area (Å²) >= 11 is 7.15. The first-order chi connectivity index (χ1) is 12.0. The molecule has 0 radical (unpaired) electrons. The van der Waals surface area contributed by atoms with Crippen molar-refractivity contribution in [2.24, 2.45) is 0 Å². The summed E-state index contributed by atoms with van der Waals surface area (Å²) in [6, 6.07) is 19.6. The van der Waals surface area contributed by atoms with Gasteiger partial charge < -0.3 is 5.11 Å². The van der Waals surface area contributed by atoms with E-state index in [9.17, 15) is 9.90 Å². The number of rotatable bonds is 2. The number of Topliss-reactive ketones (excluding diaryl/α,β-unsaturated/α-hetero) is 1. The maximum absolute atomic E-state index is 12.6. The van der Waals surface area contributed by atoms with Gasteiger partial charge in [-0.15, -0.1) is 0 Å². The Balaban J connectivity index is 1.85. The van der Waals surface area contributed by atoms with Crippen molar-refractivity contribution in [1.29, 1.82) is 0 Å². The van der Waals surface area contributed by atoms with Crippen LogP contribution in [0.3, 0.4) is 0 Å². The van der Waals surface area contributed by atoms with Crippen LogP contribution in [0.4, 0.5) is 5.69 Å². The van der Waals surface area contributed by atoms with Crippen LogP contribution in [-0.2, 0) is 4.79 Å². The zero-order chi connectivity index (χ0) is 17.7. The number of carbonyl (C=O) groups excluding carboxylic acids is 1. The molecule has 5 heteroatoms. The van der Waals surface area contributed by atoms with Crippen LogP contribution >= 0.6 is 24.0 Å². The van der Waals surface area contributed by atoms with Crippen molar-refractivity contribution < 1.29 is 9.90 Å². The number of hydrogen-bond donors (Lipinski definition) is 1. The molecule has 1 heterocycles. The lowest BCUT2D eigenvalue weighted by atomic mass is 9.69. The largest absolute Gasteiger partial charge is 0.369 e. The molecule has 2 aromatic rings. The number of carbonyl (C=O) groups is 1. The number of ketones is 1. The van der Waals surface area contributed by atoms with Gasteiger partial charge in [-0.25, -0.2) is 0 Å². The molecule has 1 N–H and O–H groups in total.